The lowest BCUT2D eigenvalue weighted by molar-refractivity contribution is 0.273. The second-order valence-corrected chi connectivity index (χ2v) is 10.9. The molecule has 5 rings (SSSR count). The highest BCUT2D eigenvalue weighted by atomic mass is 35.5. The van der Waals surface area contributed by atoms with Crippen LogP contribution in [0.4, 0.5) is 11.4 Å². The lowest BCUT2D eigenvalue weighted by Gasteiger charge is -2.23. The van der Waals surface area contributed by atoms with Crippen molar-refractivity contribution in [1.82, 2.24) is 0 Å². The SMILES string of the molecule is CCC(/C=C1\Oc2ccc(Cl)cc2N1C)=C\C1Oc2ccc(-c3ccccc3)cc2N1CCS(=O)(=O)O. The van der Waals surface area contributed by atoms with Crippen LogP contribution in [0, 0.1) is 0 Å². The summed E-state index contributed by atoms with van der Waals surface area (Å²) in [5, 5.41) is 0.628. The van der Waals surface area contributed by atoms with Gasteiger partial charge in [0.1, 0.15) is 5.75 Å². The average Bonchev–Trinajstić information content (AvgIpc) is 3.38. The number of rotatable bonds is 7. The Morgan fingerprint density at radius 2 is 1.78 bits per heavy atom. The molecule has 0 amide bonds. The van der Waals surface area contributed by atoms with Gasteiger partial charge in [-0.15, -0.1) is 0 Å². The number of benzene rings is 3. The molecule has 2 aliphatic rings. The maximum Gasteiger partial charge on any atom is 0.266 e. The molecule has 7 nitrogen and oxygen atoms in total. The summed E-state index contributed by atoms with van der Waals surface area (Å²) < 4.78 is 44.9. The summed E-state index contributed by atoms with van der Waals surface area (Å²) >= 11 is 6.16. The fourth-order valence-electron chi connectivity index (χ4n) is 4.44. The van der Waals surface area contributed by atoms with Gasteiger partial charge in [-0.25, -0.2) is 0 Å². The second kappa shape index (κ2) is 10.1. The minimum absolute atomic E-state index is 0.0686. The number of hydrogen-bond donors (Lipinski definition) is 1. The lowest BCUT2D eigenvalue weighted by Crippen LogP contribution is -2.37. The molecule has 3 aromatic carbocycles. The van der Waals surface area contributed by atoms with Crippen LogP contribution in [0.15, 0.2) is 90.3 Å². The van der Waals surface area contributed by atoms with Crippen LogP contribution in [-0.2, 0) is 10.1 Å². The summed E-state index contributed by atoms with van der Waals surface area (Å²) in [5.74, 6) is 1.61. The van der Waals surface area contributed by atoms with E-state index in [4.69, 9.17) is 21.1 Å². The molecule has 0 radical (unpaired) electrons. The van der Waals surface area contributed by atoms with Crippen molar-refractivity contribution in [2.75, 3.05) is 29.1 Å². The van der Waals surface area contributed by atoms with Gasteiger partial charge in [0.15, 0.2) is 12.0 Å². The van der Waals surface area contributed by atoms with E-state index in [0.29, 0.717) is 23.1 Å². The minimum Gasteiger partial charge on any atom is -0.465 e. The van der Waals surface area contributed by atoms with Crippen LogP contribution >= 0.6 is 11.6 Å². The van der Waals surface area contributed by atoms with Crippen molar-refractivity contribution in [1.29, 1.82) is 0 Å². The normalized spacial score (nSPS) is 18.0. The summed E-state index contributed by atoms with van der Waals surface area (Å²) in [7, 11) is -2.25. The number of halogens is 1. The van der Waals surface area contributed by atoms with E-state index in [1.807, 2.05) is 96.6 Å². The van der Waals surface area contributed by atoms with Gasteiger partial charge in [-0.3, -0.25) is 4.55 Å². The fourth-order valence-corrected chi connectivity index (χ4v) is 5.04. The maximum absolute atomic E-state index is 11.6. The van der Waals surface area contributed by atoms with Gasteiger partial charge in [-0.05, 0) is 59.5 Å². The van der Waals surface area contributed by atoms with Crippen molar-refractivity contribution in [2.45, 2.75) is 19.6 Å². The first-order valence-corrected chi connectivity index (χ1v) is 13.9. The van der Waals surface area contributed by atoms with E-state index < -0.39 is 22.1 Å². The summed E-state index contributed by atoms with van der Waals surface area (Å²) in [6, 6.07) is 21.3. The minimum atomic E-state index is -4.16. The van der Waals surface area contributed by atoms with E-state index in [1.165, 1.54) is 0 Å². The Balaban J connectivity index is 1.47. The van der Waals surface area contributed by atoms with E-state index in [-0.39, 0.29) is 6.54 Å². The van der Waals surface area contributed by atoms with Gasteiger partial charge in [0, 0.05) is 24.7 Å². The Labute approximate surface area is 221 Å². The topological polar surface area (TPSA) is 79.3 Å². The van der Waals surface area contributed by atoms with Gasteiger partial charge in [0.05, 0.1) is 17.1 Å². The molecular weight excluding hydrogens is 512 g/mol. The molecule has 0 spiro atoms. The van der Waals surface area contributed by atoms with E-state index in [9.17, 15) is 13.0 Å². The Morgan fingerprint density at radius 3 is 2.51 bits per heavy atom. The smallest absolute Gasteiger partial charge is 0.266 e. The van der Waals surface area contributed by atoms with Crippen LogP contribution in [0.1, 0.15) is 13.3 Å². The molecule has 9 heteroatoms. The van der Waals surface area contributed by atoms with Crippen LogP contribution in [0.25, 0.3) is 11.1 Å². The maximum atomic E-state index is 11.6. The Hall–Kier alpha value is -3.46. The van der Waals surface area contributed by atoms with E-state index in [2.05, 4.69) is 0 Å². The molecule has 0 aliphatic carbocycles. The molecule has 0 saturated carbocycles. The molecule has 1 N–H and O–H groups in total. The van der Waals surface area contributed by atoms with Gasteiger partial charge in [0.2, 0.25) is 5.88 Å². The first-order chi connectivity index (χ1) is 17.7. The zero-order valence-electron chi connectivity index (χ0n) is 20.5. The zero-order chi connectivity index (χ0) is 26.2. The van der Waals surface area contributed by atoms with Crippen molar-refractivity contribution in [3.63, 3.8) is 0 Å². The van der Waals surface area contributed by atoms with E-state index in [0.717, 1.165) is 33.8 Å². The third-order valence-corrected chi connectivity index (χ3v) is 7.36. The Morgan fingerprint density at radius 1 is 1.03 bits per heavy atom. The van der Waals surface area contributed by atoms with Crippen molar-refractivity contribution in [3.8, 4) is 22.6 Å². The molecule has 2 aliphatic heterocycles. The van der Waals surface area contributed by atoms with Crippen LogP contribution < -0.4 is 19.3 Å². The molecule has 3 aromatic rings. The lowest BCUT2D eigenvalue weighted by atomic mass is 10.0. The number of fused-ring (bicyclic) bond motifs is 2. The predicted octanol–water partition coefficient (Wildman–Crippen LogP) is 6.13. The Kier molecular flexibility index (Phi) is 6.90. The van der Waals surface area contributed by atoms with Gasteiger partial charge in [0.25, 0.3) is 10.1 Å². The molecule has 192 valence electrons. The first kappa shape index (κ1) is 25.2. The van der Waals surface area contributed by atoms with Crippen LogP contribution in [0.5, 0.6) is 11.5 Å². The number of allylic oxidation sites excluding steroid dienone is 2. The third-order valence-electron chi connectivity index (χ3n) is 6.42. The molecule has 0 saturated heterocycles. The third kappa shape index (κ3) is 5.46. The molecular formula is C28H27ClN2O5S. The van der Waals surface area contributed by atoms with E-state index >= 15 is 0 Å². The van der Waals surface area contributed by atoms with Gasteiger partial charge >= 0.3 is 0 Å². The zero-order valence-corrected chi connectivity index (χ0v) is 22.0. The first-order valence-electron chi connectivity index (χ1n) is 11.9. The second-order valence-electron chi connectivity index (χ2n) is 8.89. The van der Waals surface area contributed by atoms with Gasteiger partial charge in [-0.1, -0.05) is 54.9 Å². The summed E-state index contributed by atoms with van der Waals surface area (Å²) in [6.45, 7) is 2.10. The molecule has 0 bridgehead atoms. The number of nitrogens with zero attached hydrogens (tertiary/aromatic N) is 2. The average molecular weight is 539 g/mol. The Bertz CT molecular complexity index is 1490. The molecule has 1 atom stereocenters. The molecule has 2 heterocycles. The summed E-state index contributed by atoms with van der Waals surface area (Å²) in [6.07, 6.45) is 4.02. The highest BCUT2D eigenvalue weighted by Gasteiger charge is 2.31. The largest absolute Gasteiger partial charge is 0.465 e. The van der Waals surface area contributed by atoms with Gasteiger partial charge < -0.3 is 19.3 Å². The molecule has 0 fully saturated rings. The highest BCUT2D eigenvalue weighted by Crippen LogP contribution is 2.42. The summed E-state index contributed by atoms with van der Waals surface area (Å²) in [4.78, 5) is 3.79. The highest BCUT2D eigenvalue weighted by molar-refractivity contribution is 7.85. The number of hydrogen-bond acceptors (Lipinski definition) is 6. The molecule has 37 heavy (non-hydrogen) atoms. The van der Waals surface area contributed by atoms with Gasteiger partial charge in [-0.2, -0.15) is 8.42 Å². The van der Waals surface area contributed by atoms with Crippen molar-refractivity contribution in [3.05, 3.63) is 95.4 Å². The van der Waals surface area contributed by atoms with Crippen molar-refractivity contribution in [2.24, 2.45) is 0 Å². The van der Waals surface area contributed by atoms with Crippen molar-refractivity contribution >= 4 is 33.1 Å². The molecule has 0 aromatic heterocycles. The standard InChI is InChI=1S/C28H27ClN2O5S/c1-3-19(15-27-30(2)23-18-22(29)10-12-25(23)35-27)16-28-31(13-14-37(32,33)34)24-17-21(9-11-26(24)36-28)20-7-5-4-6-8-20/h4-12,15-18,28H,3,13-14H2,1-2H3,(H,32,33,34)/b19-16+,27-15-. The summed E-state index contributed by atoms with van der Waals surface area (Å²) in [5.41, 5.74) is 4.62. The number of ether oxygens (including phenoxy) is 2. The van der Waals surface area contributed by atoms with Crippen LogP contribution in [-0.4, -0.2) is 38.5 Å². The van der Waals surface area contributed by atoms with Crippen LogP contribution in [0.2, 0.25) is 5.02 Å². The van der Waals surface area contributed by atoms with Crippen LogP contribution in [0.3, 0.4) is 0 Å². The van der Waals surface area contributed by atoms with Crippen molar-refractivity contribution < 1.29 is 22.4 Å². The monoisotopic (exact) mass is 538 g/mol. The molecule has 1 unspecified atom stereocenters. The quantitative estimate of drug-likeness (QED) is 0.363. The van der Waals surface area contributed by atoms with E-state index in [1.54, 1.807) is 6.07 Å². The fraction of sp³-hybridized carbons (Fsp3) is 0.214. The predicted molar refractivity (Wildman–Crippen MR) is 147 cm³/mol. The number of anilines is 2.